The fourth-order valence-electron chi connectivity index (χ4n) is 3.33. The summed E-state index contributed by atoms with van der Waals surface area (Å²) in [4.78, 5) is 0. The van der Waals surface area contributed by atoms with Crippen molar-refractivity contribution >= 4 is 0 Å². The number of hydrogen-bond acceptors (Lipinski definition) is 1. The van der Waals surface area contributed by atoms with Crippen molar-refractivity contribution in [3.8, 4) is 0 Å². The van der Waals surface area contributed by atoms with Crippen LogP contribution in [0.15, 0.2) is 0 Å². The van der Waals surface area contributed by atoms with Gasteiger partial charge in [0.1, 0.15) is 0 Å². The van der Waals surface area contributed by atoms with Crippen molar-refractivity contribution in [1.29, 1.82) is 0 Å². The van der Waals surface area contributed by atoms with Crippen LogP contribution in [0.3, 0.4) is 0 Å². The summed E-state index contributed by atoms with van der Waals surface area (Å²) in [5.41, 5.74) is 0. The first-order valence-corrected chi connectivity index (χ1v) is 7.42. The van der Waals surface area contributed by atoms with Crippen LogP contribution < -0.4 is 5.32 Å². The molecule has 0 amide bonds. The molecule has 1 heteroatoms. The second-order valence-electron chi connectivity index (χ2n) is 5.89. The zero-order chi connectivity index (χ0) is 12.0. The number of nitrogens with one attached hydrogen (secondary N) is 1. The van der Waals surface area contributed by atoms with Gasteiger partial charge in [0.15, 0.2) is 0 Å². The summed E-state index contributed by atoms with van der Waals surface area (Å²) in [5.74, 6) is 2.81. The molecule has 0 aromatic heterocycles. The van der Waals surface area contributed by atoms with Gasteiger partial charge in [-0.3, -0.25) is 0 Å². The molecule has 0 aromatic rings. The second-order valence-corrected chi connectivity index (χ2v) is 5.89. The standard InChI is InChI=1S/C15H31N/c1-5-7-12(3)11-14-8-9-15(13(14)4)16-10-6-2/h12-16H,5-11H2,1-4H3. The van der Waals surface area contributed by atoms with E-state index in [0.29, 0.717) is 0 Å². The normalized spacial score (nSPS) is 31.9. The van der Waals surface area contributed by atoms with E-state index in [0.717, 1.165) is 23.8 Å². The van der Waals surface area contributed by atoms with Crippen LogP contribution in [-0.2, 0) is 0 Å². The van der Waals surface area contributed by atoms with E-state index >= 15 is 0 Å². The molecule has 96 valence electrons. The summed E-state index contributed by atoms with van der Waals surface area (Å²) >= 11 is 0. The van der Waals surface area contributed by atoms with Gasteiger partial charge < -0.3 is 5.32 Å². The topological polar surface area (TPSA) is 12.0 Å². The van der Waals surface area contributed by atoms with Crippen molar-refractivity contribution in [3.05, 3.63) is 0 Å². The minimum Gasteiger partial charge on any atom is -0.314 e. The minimum absolute atomic E-state index is 0.804. The Morgan fingerprint density at radius 1 is 1.19 bits per heavy atom. The summed E-state index contributed by atoms with van der Waals surface area (Å²) in [6, 6.07) is 0.804. The van der Waals surface area contributed by atoms with Crippen LogP contribution in [0.2, 0.25) is 0 Å². The number of hydrogen-bond donors (Lipinski definition) is 1. The van der Waals surface area contributed by atoms with Crippen LogP contribution in [0, 0.1) is 17.8 Å². The lowest BCUT2D eigenvalue weighted by molar-refractivity contribution is 0.292. The van der Waals surface area contributed by atoms with E-state index in [1.165, 1.54) is 45.1 Å². The van der Waals surface area contributed by atoms with Crippen molar-refractivity contribution in [2.24, 2.45) is 17.8 Å². The largest absolute Gasteiger partial charge is 0.314 e. The van der Waals surface area contributed by atoms with Crippen molar-refractivity contribution in [2.75, 3.05) is 6.54 Å². The highest BCUT2D eigenvalue weighted by Crippen LogP contribution is 2.36. The molecule has 1 aliphatic carbocycles. The maximum Gasteiger partial charge on any atom is 0.00954 e. The lowest BCUT2D eigenvalue weighted by Crippen LogP contribution is -2.33. The first-order valence-electron chi connectivity index (χ1n) is 7.42. The molecule has 0 heterocycles. The second kappa shape index (κ2) is 7.32. The summed E-state index contributed by atoms with van der Waals surface area (Å²) in [5, 5.41) is 3.72. The maximum absolute atomic E-state index is 3.72. The average Bonchev–Trinajstić information content (AvgIpc) is 2.58. The van der Waals surface area contributed by atoms with Crippen molar-refractivity contribution in [3.63, 3.8) is 0 Å². The predicted molar refractivity (Wildman–Crippen MR) is 72.7 cm³/mol. The Morgan fingerprint density at radius 2 is 1.94 bits per heavy atom. The summed E-state index contributed by atoms with van der Waals surface area (Å²) < 4.78 is 0. The Balaban J connectivity index is 2.29. The smallest absolute Gasteiger partial charge is 0.00954 e. The zero-order valence-corrected chi connectivity index (χ0v) is 11.8. The average molecular weight is 225 g/mol. The third-order valence-electron chi connectivity index (χ3n) is 4.37. The van der Waals surface area contributed by atoms with E-state index in [-0.39, 0.29) is 0 Å². The van der Waals surface area contributed by atoms with E-state index in [9.17, 15) is 0 Å². The predicted octanol–water partition coefficient (Wildman–Crippen LogP) is 4.23. The highest BCUT2D eigenvalue weighted by molar-refractivity contribution is 4.87. The van der Waals surface area contributed by atoms with E-state index in [2.05, 4.69) is 33.0 Å². The Kier molecular flexibility index (Phi) is 6.41. The first kappa shape index (κ1) is 14.0. The molecular formula is C15H31N. The van der Waals surface area contributed by atoms with Gasteiger partial charge in [-0.1, -0.05) is 40.5 Å². The van der Waals surface area contributed by atoms with Gasteiger partial charge in [-0.25, -0.2) is 0 Å². The summed E-state index contributed by atoms with van der Waals surface area (Å²) in [6.07, 6.45) is 8.34. The zero-order valence-electron chi connectivity index (χ0n) is 11.8. The third kappa shape index (κ3) is 4.08. The molecular weight excluding hydrogens is 194 g/mol. The highest BCUT2D eigenvalue weighted by Gasteiger charge is 2.32. The molecule has 0 saturated heterocycles. The molecule has 1 saturated carbocycles. The number of rotatable bonds is 7. The lowest BCUT2D eigenvalue weighted by Gasteiger charge is -2.24. The van der Waals surface area contributed by atoms with Gasteiger partial charge in [-0.2, -0.15) is 0 Å². The van der Waals surface area contributed by atoms with Crippen LogP contribution in [0.1, 0.15) is 66.2 Å². The molecule has 0 bridgehead atoms. The van der Waals surface area contributed by atoms with Gasteiger partial charge in [0.2, 0.25) is 0 Å². The van der Waals surface area contributed by atoms with E-state index in [1.54, 1.807) is 0 Å². The van der Waals surface area contributed by atoms with E-state index < -0.39 is 0 Å². The van der Waals surface area contributed by atoms with Crippen LogP contribution in [0.5, 0.6) is 0 Å². The SMILES string of the molecule is CCCNC1CCC(CC(C)CCC)C1C. The third-order valence-corrected chi connectivity index (χ3v) is 4.37. The Labute approximate surface area is 102 Å². The molecule has 1 N–H and O–H groups in total. The monoisotopic (exact) mass is 225 g/mol. The molecule has 1 rings (SSSR count). The maximum atomic E-state index is 3.72. The van der Waals surface area contributed by atoms with Gasteiger partial charge in [0.25, 0.3) is 0 Å². The molecule has 0 radical (unpaired) electrons. The lowest BCUT2D eigenvalue weighted by atomic mass is 9.86. The highest BCUT2D eigenvalue weighted by atomic mass is 14.9. The Morgan fingerprint density at radius 3 is 2.56 bits per heavy atom. The molecule has 0 spiro atoms. The van der Waals surface area contributed by atoms with Crippen LogP contribution in [-0.4, -0.2) is 12.6 Å². The molecule has 1 aliphatic rings. The molecule has 16 heavy (non-hydrogen) atoms. The molecule has 1 fully saturated rings. The Hall–Kier alpha value is -0.0400. The van der Waals surface area contributed by atoms with E-state index in [1.807, 2.05) is 0 Å². The first-order chi connectivity index (χ1) is 7.69. The van der Waals surface area contributed by atoms with Crippen molar-refractivity contribution in [1.82, 2.24) is 5.32 Å². The van der Waals surface area contributed by atoms with E-state index in [4.69, 9.17) is 0 Å². The van der Waals surface area contributed by atoms with Gasteiger partial charge in [-0.05, 0) is 50.0 Å². The molecule has 1 nitrogen and oxygen atoms in total. The van der Waals surface area contributed by atoms with Gasteiger partial charge in [0.05, 0.1) is 0 Å². The Bertz CT molecular complexity index is 178. The van der Waals surface area contributed by atoms with Gasteiger partial charge in [0, 0.05) is 6.04 Å². The van der Waals surface area contributed by atoms with Crippen molar-refractivity contribution < 1.29 is 0 Å². The van der Waals surface area contributed by atoms with Crippen LogP contribution in [0.25, 0.3) is 0 Å². The van der Waals surface area contributed by atoms with Crippen LogP contribution in [0.4, 0.5) is 0 Å². The van der Waals surface area contributed by atoms with Crippen LogP contribution >= 0.6 is 0 Å². The molecule has 4 unspecified atom stereocenters. The molecule has 0 aliphatic heterocycles. The van der Waals surface area contributed by atoms with Gasteiger partial charge in [-0.15, -0.1) is 0 Å². The minimum atomic E-state index is 0.804. The summed E-state index contributed by atoms with van der Waals surface area (Å²) in [7, 11) is 0. The summed E-state index contributed by atoms with van der Waals surface area (Å²) in [6.45, 7) is 10.7. The molecule has 0 aromatic carbocycles. The fourth-order valence-corrected chi connectivity index (χ4v) is 3.33. The fraction of sp³-hybridized carbons (Fsp3) is 1.00. The van der Waals surface area contributed by atoms with Gasteiger partial charge >= 0.3 is 0 Å². The molecule has 4 atom stereocenters. The quantitative estimate of drug-likeness (QED) is 0.684. The van der Waals surface area contributed by atoms with Crippen molar-refractivity contribution in [2.45, 2.75) is 72.3 Å².